The van der Waals surface area contributed by atoms with E-state index in [1.165, 1.54) is 0 Å². The molecule has 4 heteroatoms. The molecule has 4 nitrogen and oxygen atoms in total. The maximum absolute atomic E-state index is 12.4. The Bertz CT molecular complexity index is 608. The molecule has 0 aromatic carbocycles. The molecular formula is C19H26O4. The standard InChI is InChI=1S/C19H26O4/c1-18-5-3-10(20)7-13(18)14(21)8-11-12(18)4-6-19(2)16(23)9-15(22)17(11)19/h7,11-12,14-15,17,21-22H,3-6,8-9H2,1-2H3/t11-,12-,14?,15?,17-,18-,19-/m1/s1. The van der Waals surface area contributed by atoms with Crippen LogP contribution in [0.3, 0.4) is 0 Å². The number of carbonyl (C=O) groups is 2. The van der Waals surface area contributed by atoms with E-state index in [0.717, 1.165) is 24.8 Å². The summed E-state index contributed by atoms with van der Waals surface area (Å²) in [6, 6.07) is 0. The second-order valence-electron chi connectivity index (χ2n) is 8.68. The van der Waals surface area contributed by atoms with Gasteiger partial charge < -0.3 is 10.2 Å². The van der Waals surface area contributed by atoms with Crippen molar-refractivity contribution in [3.05, 3.63) is 11.6 Å². The van der Waals surface area contributed by atoms with Crippen LogP contribution in [-0.4, -0.2) is 34.0 Å². The zero-order valence-corrected chi connectivity index (χ0v) is 13.9. The molecule has 0 aromatic rings. The van der Waals surface area contributed by atoms with E-state index in [4.69, 9.17) is 0 Å². The lowest BCUT2D eigenvalue weighted by Crippen LogP contribution is -2.55. The van der Waals surface area contributed by atoms with Crippen LogP contribution in [0.25, 0.3) is 0 Å². The average Bonchev–Trinajstić information content (AvgIpc) is 2.71. The van der Waals surface area contributed by atoms with E-state index in [1.54, 1.807) is 6.08 Å². The third-order valence-corrected chi connectivity index (χ3v) is 7.67. The van der Waals surface area contributed by atoms with Gasteiger partial charge in [0.25, 0.3) is 0 Å². The summed E-state index contributed by atoms with van der Waals surface area (Å²) in [6.45, 7) is 4.19. The van der Waals surface area contributed by atoms with Crippen LogP contribution >= 0.6 is 0 Å². The number of ketones is 2. The fraction of sp³-hybridized carbons (Fsp3) is 0.789. The second kappa shape index (κ2) is 4.76. The topological polar surface area (TPSA) is 74.6 Å². The predicted octanol–water partition coefficient (Wildman–Crippen LogP) is 2.03. The van der Waals surface area contributed by atoms with Gasteiger partial charge in [0.05, 0.1) is 12.2 Å². The van der Waals surface area contributed by atoms with Crippen molar-refractivity contribution in [3.8, 4) is 0 Å². The van der Waals surface area contributed by atoms with Crippen LogP contribution in [0.1, 0.15) is 52.4 Å². The van der Waals surface area contributed by atoms with E-state index in [1.807, 2.05) is 6.92 Å². The third kappa shape index (κ3) is 1.91. The summed E-state index contributed by atoms with van der Waals surface area (Å²) in [5.41, 5.74) is 0.308. The molecule has 0 amide bonds. The first kappa shape index (κ1) is 15.5. The molecule has 3 fully saturated rings. The summed E-state index contributed by atoms with van der Waals surface area (Å²) >= 11 is 0. The molecule has 126 valence electrons. The Balaban J connectivity index is 1.77. The van der Waals surface area contributed by atoms with Crippen LogP contribution in [0.15, 0.2) is 11.6 Å². The van der Waals surface area contributed by atoms with Gasteiger partial charge in [0, 0.05) is 24.2 Å². The molecule has 0 bridgehead atoms. The normalized spacial score (nSPS) is 52.5. The van der Waals surface area contributed by atoms with Gasteiger partial charge >= 0.3 is 0 Å². The predicted molar refractivity (Wildman–Crippen MR) is 84.5 cm³/mol. The fourth-order valence-corrected chi connectivity index (χ4v) is 6.44. The van der Waals surface area contributed by atoms with Crippen LogP contribution in [0.4, 0.5) is 0 Å². The molecule has 4 aliphatic rings. The summed E-state index contributed by atoms with van der Waals surface area (Å²) in [5.74, 6) is 0.781. The molecule has 0 aliphatic heterocycles. The second-order valence-corrected chi connectivity index (χ2v) is 8.68. The Morgan fingerprint density at radius 1 is 1.13 bits per heavy atom. The lowest BCUT2D eigenvalue weighted by molar-refractivity contribution is -0.136. The Hall–Kier alpha value is -1.00. The first-order valence-corrected chi connectivity index (χ1v) is 8.92. The number of hydrogen-bond acceptors (Lipinski definition) is 4. The van der Waals surface area contributed by atoms with Crippen molar-refractivity contribution in [2.45, 2.75) is 64.6 Å². The van der Waals surface area contributed by atoms with E-state index < -0.39 is 17.6 Å². The molecule has 2 unspecified atom stereocenters. The minimum atomic E-state index is -0.615. The highest BCUT2D eigenvalue weighted by Gasteiger charge is 2.63. The van der Waals surface area contributed by atoms with Crippen molar-refractivity contribution in [1.29, 1.82) is 0 Å². The molecule has 2 N–H and O–H groups in total. The minimum Gasteiger partial charge on any atom is -0.392 e. The smallest absolute Gasteiger partial charge is 0.155 e. The van der Waals surface area contributed by atoms with Crippen LogP contribution in [0.5, 0.6) is 0 Å². The minimum absolute atomic E-state index is 0.0422. The van der Waals surface area contributed by atoms with E-state index in [2.05, 4.69) is 6.92 Å². The molecule has 0 aromatic heterocycles. The summed E-state index contributed by atoms with van der Waals surface area (Å²) < 4.78 is 0. The number of aliphatic hydroxyl groups excluding tert-OH is 2. The van der Waals surface area contributed by atoms with Crippen molar-refractivity contribution in [2.24, 2.45) is 28.6 Å². The van der Waals surface area contributed by atoms with Gasteiger partial charge in [-0.15, -0.1) is 0 Å². The summed E-state index contributed by atoms with van der Waals surface area (Å²) in [6.07, 6.45) is 4.41. The maximum Gasteiger partial charge on any atom is 0.155 e. The molecule has 3 saturated carbocycles. The molecular weight excluding hydrogens is 292 g/mol. The van der Waals surface area contributed by atoms with Gasteiger partial charge in [-0.05, 0) is 54.6 Å². The quantitative estimate of drug-likeness (QED) is 0.717. The largest absolute Gasteiger partial charge is 0.392 e. The molecule has 4 rings (SSSR count). The zero-order chi connectivity index (χ0) is 16.6. The van der Waals surface area contributed by atoms with Gasteiger partial charge in [-0.2, -0.15) is 0 Å². The molecule has 0 radical (unpaired) electrons. The number of rotatable bonds is 0. The Morgan fingerprint density at radius 2 is 1.87 bits per heavy atom. The lowest BCUT2D eigenvalue weighted by Gasteiger charge is -2.58. The molecule has 0 heterocycles. The zero-order valence-electron chi connectivity index (χ0n) is 13.9. The van der Waals surface area contributed by atoms with Gasteiger partial charge in [-0.3, -0.25) is 9.59 Å². The maximum atomic E-state index is 12.4. The molecule has 0 saturated heterocycles. The SMILES string of the molecule is C[C@]12CCC(=O)C=C1C(O)C[C@@H]1[C@H]2CC[C@]2(C)C(=O)CC(O)[C@@H]12. The number of hydrogen-bond donors (Lipinski definition) is 2. The highest BCUT2D eigenvalue weighted by Crippen LogP contribution is 2.64. The Morgan fingerprint density at radius 3 is 2.61 bits per heavy atom. The molecule has 4 aliphatic carbocycles. The Kier molecular flexibility index (Phi) is 3.21. The van der Waals surface area contributed by atoms with Gasteiger partial charge in [0.2, 0.25) is 0 Å². The van der Waals surface area contributed by atoms with Gasteiger partial charge in [-0.25, -0.2) is 0 Å². The summed E-state index contributed by atoms with van der Waals surface area (Å²) in [7, 11) is 0. The van der Waals surface area contributed by atoms with Gasteiger partial charge in [0.1, 0.15) is 5.78 Å². The summed E-state index contributed by atoms with van der Waals surface area (Å²) in [5, 5.41) is 21.2. The van der Waals surface area contributed by atoms with E-state index in [-0.39, 0.29) is 35.2 Å². The third-order valence-electron chi connectivity index (χ3n) is 7.67. The Labute approximate surface area is 137 Å². The van der Waals surface area contributed by atoms with Crippen molar-refractivity contribution in [1.82, 2.24) is 0 Å². The van der Waals surface area contributed by atoms with Crippen LogP contribution < -0.4 is 0 Å². The number of carbonyl (C=O) groups excluding carboxylic acids is 2. The van der Waals surface area contributed by atoms with Crippen molar-refractivity contribution in [2.75, 3.05) is 0 Å². The fourth-order valence-electron chi connectivity index (χ4n) is 6.44. The summed E-state index contributed by atoms with van der Waals surface area (Å²) in [4.78, 5) is 24.2. The van der Waals surface area contributed by atoms with Gasteiger partial charge in [-0.1, -0.05) is 13.8 Å². The number of Topliss-reactive ketones (excluding diaryl/α,β-unsaturated/α-hetero) is 1. The van der Waals surface area contributed by atoms with E-state index >= 15 is 0 Å². The monoisotopic (exact) mass is 318 g/mol. The van der Waals surface area contributed by atoms with Crippen LogP contribution in [-0.2, 0) is 9.59 Å². The van der Waals surface area contributed by atoms with E-state index in [9.17, 15) is 19.8 Å². The average molecular weight is 318 g/mol. The highest BCUT2D eigenvalue weighted by atomic mass is 16.3. The van der Waals surface area contributed by atoms with Crippen molar-refractivity contribution < 1.29 is 19.8 Å². The molecule has 7 atom stereocenters. The molecule has 0 spiro atoms. The van der Waals surface area contributed by atoms with Gasteiger partial charge in [0.15, 0.2) is 5.78 Å². The van der Waals surface area contributed by atoms with Crippen molar-refractivity contribution >= 4 is 11.6 Å². The van der Waals surface area contributed by atoms with Crippen LogP contribution in [0, 0.1) is 28.6 Å². The number of aliphatic hydroxyl groups is 2. The number of fused-ring (bicyclic) bond motifs is 5. The lowest BCUT2D eigenvalue weighted by atomic mass is 9.46. The first-order chi connectivity index (χ1) is 10.8. The first-order valence-electron chi connectivity index (χ1n) is 8.92. The van der Waals surface area contributed by atoms with E-state index in [0.29, 0.717) is 18.8 Å². The van der Waals surface area contributed by atoms with Crippen LogP contribution in [0.2, 0.25) is 0 Å². The highest BCUT2D eigenvalue weighted by molar-refractivity contribution is 5.92. The van der Waals surface area contributed by atoms with Crippen molar-refractivity contribution in [3.63, 3.8) is 0 Å². The molecule has 23 heavy (non-hydrogen) atoms.